The van der Waals surface area contributed by atoms with Crippen LogP contribution in [0.1, 0.15) is 11.7 Å². The van der Waals surface area contributed by atoms with Gasteiger partial charge < -0.3 is 20.1 Å². The summed E-state index contributed by atoms with van der Waals surface area (Å²) in [6, 6.07) is 12.4. The Morgan fingerprint density at radius 2 is 1.82 bits per heavy atom. The van der Waals surface area contributed by atoms with Crippen molar-refractivity contribution in [2.24, 2.45) is 0 Å². The summed E-state index contributed by atoms with van der Waals surface area (Å²) in [5.74, 6) is 0.732. The van der Waals surface area contributed by atoms with Crippen molar-refractivity contribution in [1.82, 2.24) is 0 Å². The maximum absolute atomic E-state index is 12.2. The highest BCUT2D eigenvalue weighted by Gasteiger charge is 2.30. The fourth-order valence-electron chi connectivity index (χ4n) is 2.53. The number of carbonyl (C=O) groups excluding carboxylic acids is 2. The molecule has 2 aliphatic heterocycles. The first-order chi connectivity index (χ1) is 10.7. The molecule has 0 aromatic heterocycles. The van der Waals surface area contributed by atoms with E-state index < -0.39 is 6.10 Å². The predicted octanol–water partition coefficient (Wildman–Crippen LogP) is 2.09. The Hall–Kier alpha value is -3.02. The molecule has 6 heteroatoms. The van der Waals surface area contributed by atoms with E-state index in [0.717, 1.165) is 0 Å². The molecule has 0 saturated heterocycles. The number of amides is 2. The molecule has 0 bridgehead atoms. The van der Waals surface area contributed by atoms with Gasteiger partial charge in [0, 0.05) is 5.56 Å². The van der Waals surface area contributed by atoms with E-state index in [1.807, 2.05) is 12.1 Å². The second-order valence-electron chi connectivity index (χ2n) is 5.08. The molecule has 22 heavy (non-hydrogen) atoms. The molecule has 0 saturated carbocycles. The number of benzene rings is 2. The third-order valence-corrected chi connectivity index (χ3v) is 3.57. The molecule has 2 aromatic carbocycles. The van der Waals surface area contributed by atoms with Crippen molar-refractivity contribution in [2.45, 2.75) is 6.10 Å². The normalized spacial score (nSPS) is 19.0. The van der Waals surface area contributed by atoms with Crippen LogP contribution in [0.2, 0.25) is 0 Å². The van der Waals surface area contributed by atoms with E-state index in [1.54, 1.807) is 30.3 Å². The lowest BCUT2D eigenvalue weighted by atomic mass is 10.0. The molecule has 2 aliphatic rings. The summed E-state index contributed by atoms with van der Waals surface area (Å²) < 4.78 is 11.1. The summed E-state index contributed by atoms with van der Waals surface area (Å²) in [5.41, 5.74) is 1.85. The lowest BCUT2D eigenvalue weighted by Crippen LogP contribution is -2.30. The van der Waals surface area contributed by atoms with E-state index in [1.165, 1.54) is 0 Å². The predicted molar refractivity (Wildman–Crippen MR) is 79.0 cm³/mol. The summed E-state index contributed by atoms with van der Waals surface area (Å²) in [5, 5.41) is 5.54. The number of nitrogens with one attached hydrogen (secondary N) is 2. The van der Waals surface area contributed by atoms with Crippen molar-refractivity contribution < 1.29 is 19.1 Å². The minimum atomic E-state index is -0.765. The highest BCUT2D eigenvalue weighted by atomic mass is 16.5. The maximum Gasteiger partial charge on any atom is 0.270 e. The second-order valence-corrected chi connectivity index (χ2v) is 5.08. The quantitative estimate of drug-likeness (QED) is 0.845. The van der Waals surface area contributed by atoms with Gasteiger partial charge in [-0.2, -0.15) is 0 Å². The zero-order chi connectivity index (χ0) is 15.1. The third kappa shape index (κ3) is 2.05. The van der Waals surface area contributed by atoms with Crippen molar-refractivity contribution in [3.8, 4) is 11.5 Å². The van der Waals surface area contributed by atoms with Gasteiger partial charge in [0.15, 0.2) is 6.61 Å². The van der Waals surface area contributed by atoms with Crippen LogP contribution in [-0.2, 0) is 9.59 Å². The molecular weight excluding hydrogens is 284 g/mol. The van der Waals surface area contributed by atoms with Crippen LogP contribution >= 0.6 is 0 Å². The first-order valence-corrected chi connectivity index (χ1v) is 6.84. The molecule has 2 aromatic rings. The van der Waals surface area contributed by atoms with Gasteiger partial charge in [0.05, 0.1) is 11.4 Å². The van der Waals surface area contributed by atoms with Crippen LogP contribution < -0.4 is 20.1 Å². The van der Waals surface area contributed by atoms with E-state index in [9.17, 15) is 9.59 Å². The average Bonchev–Trinajstić information content (AvgIpc) is 2.53. The minimum absolute atomic E-state index is 0.000136. The van der Waals surface area contributed by atoms with Crippen molar-refractivity contribution >= 4 is 23.2 Å². The summed E-state index contributed by atoms with van der Waals surface area (Å²) in [6.07, 6.45) is -0.765. The number of fused-ring (bicyclic) bond motifs is 2. The van der Waals surface area contributed by atoms with Gasteiger partial charge in [-0.05, 0) is 24.3 Å². The molecule has 4 rings (SSSR count). The third-order valence-electron chi connectivity index (χ3n) is 3.57. The molecule has 110 valence electrons. The number of anilines is 2. The molecular formula is C16H12N2O4. The van der Waals surface area contributed by atoms with Gasteiger partial charge in [0.2, 0.25) is 6.10 Å². The van der Waals surface area contributed by atoms with Gasteiger partial charge >= 0.3 is 0 Å². The molecule has 6 nitrogen and oxygen atoms in total. The van der Waals surface area contributed by atoms with Crippen LogP contribution in [0.25, 0.3) is 0 Å². The van der Waals surface area contributed by atoms with Crippen LogP contribution in [0.4, 0.5) is 11.4 Å². The molecule has 0 aliphatic carbocycles. The lowest BCUT2D eigenvalue weighted by Gasteiger charge is -2.27. The van der Waals surface area contributed by atoms with Crippen LogP contribution in [-0.4, -0.2) is 18.4 Å². The first kappa shape index (κ1) is 12.7. The Bertz CT molecular complexity index is 787. The Morgan fingerprint density at radius 1 is 0.955 bits per heavy atom. The molecule has 2 N–H and O–H groups in total. The highest BCUT2D eigenvalue weighted by Crippen LogP contribution is 2.37. The molecule has 1 unspecified atom stereocenters. The fourth-order valence-corrected chi connectivity index (χ4v) is 2.53. The number of para-hydroxylation sites is 2. The molecule has 0 fully saturated rings. The van der Waals surface area contributed by atoms with Gasteiger partial charge in [-0.25, -0.2) is 0 Å². The van der Waals surface area contributed by atoms with Crippen LogP contribution in [0.3, 0.4) is 0 Å². The Labute approximate surface area is 126 Å². The molecule has 2 amide bonds. The number of carbonyl (C=O) groups is 2. The van der Waals surface area contributed by atoms with Crippen molar-refractivity contribution in [3.63, 3.8) is 0 Å². The van der Waals surface area contributed by atoms with Crippen molar-refractivity contribution in [2.75, 3.05) is 17.2 Å². The summed E-state index contributed by atoms with van der Waals surface area (Å²) in [4.78, 5) is 23.6. The van der Waals surface area contributed by atoms with Crippen molar-refractivity contribution in [3.05, 3.63) is 48.0 Å². The van der Waals surface area contributed by atoms with E-state index in [0.29, 0.717) is 28.4 Å². The van der Waals surface area contributed by atoms with Crippen LogP contribution in [0.5, 0.6) is 11.5 Å². The lowest BCUT2D eigenvalue weighted by molar-refractivity contribution is -0.123. The number of hydrogen-bond donors (Lipinski definition) is 2. The van der Waals surface area contributed by atoms with Gasteiger partial charge in [-0.15, -0.1) is 0 Å². The van der Waals surface area contributed by atoms with Crippen LogP contribution in [0.15, 0.2) is 42.5 Å². The summed E-state index contributed by atoms with van der Waals surface area (Å²) in [7, 11) is 0. The Morgan fingerprint density at radius 3 is 2.73 bits per heavy atom. The topological polar surface area (TPSA) is 76.7 Å². The molecule has 1 atom stereocenters. The van der Waals surface area contributed by atoms with Gasteiger partial charge in [-0.1, -0.05) is 18.2 Å². The molecule has 0 spiro atoms. The SMILES string of the molecule is O=C1COc2ccc(C3Oc4ccccc4NC3=O)cc2N1. The number of ether oxygens (including phenoxy) is 2. The van der Waals surface area contributed by atoms with E-state index in [-0.39, 0.29) is 18.4 Å². The Kier molecular flexibility index (Phi) is 2.75. The largest absolute Gasteiger partial charge is 0.482 e. The van der Waals surface area contributed by atoms with Gasteiger partial charge in [0.25, 0.3) is 11.8 Å². The van der Waals surface area contributed by atoms with Crippen LogP contribution in [0, 0.1) is 0 Å². The van der Waals surface area contributed by atoms with E-state index >= 15 is 0 Å². The number of rotatable bonds is 1. The second kappa shape index (κ2) is 4.77. The van der Waals surface area contributed by atoms with E-state index in [4.69, 9.17) is 9.47 Å². The standard InChI is InChI=1S/C16H12N2O4/c19-14-8-21-12-6-5-9(7-11(12)17-14)15-16(20)18-10-3-1-2-4-13(10)22-15/h1-7,15H,8H2,(H,17,19)(H,18,20). The smallest absolute Gasteiger partial charge is 0.270 e. The summed E-state index contributed by atoms with van der Waals surface area (Å²) >= 11 is 0. The van der Waals surface area contributed by atoms with E-state index in [2.05, 4.69) is 10.6 Å². The average molecular weight is 296 g/mol. The molecule has 2 heterocycles. The van der Waals surface area contributed by atoms with Crippen molar-refractivity contribution in [1.29, 1.82) is 0 Å². The summed E-state index contributed by atoms with van der Waals surface area (Å²) in [6.45, 7) is 0.000136. The highest BCUT2D eigenvalue weighted by molar-refractivity contribution is 5.99. The monoisotopic (exact) mass is 296 g/mol. The van der Waals surface area contributed by atoms with Gasteiger partial charge in [-0.3, -0.25) is 9.59 Å². The molecule has 0 radical (unpaired) electrons. The fraction of sp³-hybridized carbons (Fsp3) is 0.125. The zero-order valence-corrected chi connectivity index (χ0v) is 11.5. The minimum Gasteiger partial charge on any atom is -0.482 e. The maximum atomic E-state index is 12.2. The first-order valence-electron chi connectivity index (χ1n) is 6.84. The zero-order valence-electron chi connectivity index (χ0n) is 11.5. The number of hydrogen-bond acceptors (Lipinski definition) is 4. The Balaban J connectivity index is 1.69. The van der Waals surface area contributed by atoms with Gasteiger partial charge in [0.1, 0.15) is 11.5 Å².